The molecule has 1 aromatic heterocycles. The van der Waals surface area contributed by atoms with Crippen LogP contribution in [0.15, 0.2) is 47.5 Å². The fourth-order valence-corrected chi connectivity index (χ4v) is 3.18. The van der Waals surface area contributed by atoms with Crippen LogP contribution in [0.4, 0.5) is 0 Å². The molecule has 0 bridgehead atoms. The maximum atomic E-state index is 12.5. The highest BCUT2D eigenvalue weighted by atomic mass is 16.5. The van der Waals surface area contributed by atoms with Crippen molar-refractivity contribution in [2.75, 3.05) is 21.3 Å². The first-order valence-corrected chi connectivity index (χ1v) is 9.45. The molecule has 1 unspecified atom stereocenters. The van der Waals surface area contributed by atoms with Crippen LogP contribution in [0.5, 0.6) is 17.2 Å². The lowest BCUT2D eigenvalue weighted by Crippen LogP contribution is -2.30. The SMILES string of the molecule is COc1cc(C(C#N)NC(=O)CCn2cnc3ccccc3c2=O)cc(OC)c1OC. The van der Waals surface area contributed by atoms with Crippen LogP contribution in [0.3, 0.4) is 0 Å². The van der Waals surface area contributed by atoms with E-state index in [0.717, 1.165) is 0 Å². The molecule has 1 atom stereocenters. The highest BCUT2D eigenvalue weighted by Gasteiger charge is 2.20. The van der Waals surface area contributed by atoms with Crippen molar-refractivity contribution in [3.63, 3.8) is 0 Å². The number of rotatable bonds is 8. The van der Waals surface area contributed by atoms with Gasteiger partial charge >= 0.3 is 0 Å². The molecule has 0 saturated carbocycles. The number of nitrogens with one attached hydrogen (secondary N) is 1. The number of nitrogens with zero attached hydrogens (tertiary/aromatic N) is 3. The summed E-state index contributed by atoms with van der Waals surface area (Å²) < 4.78 is 17.3. The van der Waals surface area contributed by atoms with Gasteiger partial charge in [0.25, 0.3) is 5.56 Å². The van der Waals surface area contributed by atoms with Gasteiger partial charge in [-0.1, -0.05) is 12.1 Å². The number of aromatic nitrogens is 2. The molecule has 1 amide bonds. The van der Waals surface area contributed by atoms with Gasteiger partial charge in [0.2, 0.25) is 11.7 Å². The smallest absolute Gasteiger partial charge is 0.261 e. The molecule has 0 saturated heterocycles. The van der Waals surface area contributed by atoms with Gasteiger partial charge in [0.15, 0.2) is 11.5 Å². The van der Waals surface area contributed by atoms with E-state index in [1.54, 1.807) is 36.4 Å². The van der Waals surface area contributed by atoms with Crippen molar-refractivity contribution in [2.24, 2.45) is 0 Å². The lowest BCUT2D eigenvalue weighted by Gasteiger charge is -2.17. The third-order valence-corrected chi connectivity index (χ3v) is 4.77. The molecule has 0 spiro atoms. The van der Waals surface area contributed by atoms with E-state index < -0.39 is 6.04 Å². The average Bonchev–Trinajstić information content (AvgIpc) is 2.81. The van der Waals surface area contributed by atoms with Gasteiger partial charge < -0.3 is 19.5 Å². The largest absolute Gasteiger partial charge is 0.493 e. The number of fused-ring (bicyclic) bond motifs is 1. The molecule has 2 aromatic carbocycles. The van der Waals surface area contributed by atoms with Crippen LogP contribution in [-0.2, 0) is 11.3 Å². The lowest BCUT2D eigenvalue weighted by molar-refractivity contribution is -0.121. The summed E-state index contributed by atoms with van der Waals surface area (Å²) in [5.41, 5.74) is 0.856. The second-order valence-corrected chi connectivity index (χ2v) is 6.60. The topological polar surface area (TPSA) is 115 Å². The van der Waals surface area contributed by atoms with Crippen molar-refractivity contribution in [2.45, 2.75) is 19.0 Å². The van der Waals surface area contributed by atoms with Gasteiger partial charge in [-0.3, -0.25) is 14.2 Å². The summed E-state index contributed by atoms with van der Waals surface area (Å²) in [6, 6.07) is 11.3. The third kappa shape index (κ3) is 4.59. The highest BCUT2D eigenvalue weighted by molar-refractivity contribution is 5.78. The highest BCUT2D eigenvalue weighted by Crippen LogP contribution is 2.39. The van der Waals surface area contributed by atoms with Crippen molar-refractivity contribution in [3.8, 4) is 23.3 Å². The number of methoxy groups -OCH3 is 3. The summed E-state index contributed by atoms with van der Waals surface area (Å²) >= 11 is 0. The van der Waals surface area contributed by atoms with E-state index in [1.807, 2.05) is 0 Å². The zero-order valence-electron chi connectivity index (χ0n) is 17.4. The fourth-order valence-electron chi connectivity index (χ4n) is 3.18. The van der Waals surface area contributed by atoms with Gasteiger partial charge in [-0.25, -0.2) is 4.98 Å². The van der Waals surface area contributed by atoms with Gasteiger partial charge in [-0.05, 0) is 29.8 Å². The fraction of sp³-hybridized carbons (Fsp3) is 0.273. The van der Waals surface area contributed by atoms with E-state index in [9.17, 15) is 14.9 Å². The molecule has 1 N–H and O–H groups in total. The molecular weight excluding hydrogens is 400 g/mol. The minimum atomic E-state index is -0.937. The van der Waals surface area contributed by atoms with Gasteiger partial charge in [-0.15, -0.1) is 0 Å². The standard InChI is InChI=1S/C22H22N4O5/c1-29-18-10-14(11-19(30-2)21(18)31-3)17(12-23)25-20(27)8-9-26-13-24-16-7-5-4-6-15(16)22(26)28/h4-7,10-11,13,17H,8-9H2,1-3H3,(H,25,27). The molecule has 0 fully saturated rings. The van der Waals surface area contributed by atoms with Crippen molar-refractivity contribution >= 4 is 16.8 Å². The number of carbonyl (C=O) groups is 1. The first-order chi connectivity index (χ1) is 15.0. The zero-order valence-corrected chi connectivity index (χ0v) is 17.4. The molecule has 0 radical (unpaired) electrons. The molecule has 3 aromatic rings. The molecule has 3 rings (SSSR count). The molecule has 9 nitrogen and oxygen atoms in total. The minimum Gasteiger partial charge on any atom is -0.493 e. The van der Waals surface area contributed by atoms with Crippen LogP contribution in [0.25, 0.3) is 10.9 Å². The number of benzene rings is 2. The first kappa shape index (κ1) is 21.6. The van der Waals surface area contributed by atoms with Crippen LogP contribution in [0, 0.1) is 11.3 Å². The Labute approximate surface area is 178 Å². The number of ether oxygens (including phenoxy) is 3. The van der Waals surface area contributed by atoms with Crippen molar-refractivity contribution < 1.29 is 19.0 Å². The molecule has 0 aliphatic rings. The summed E-state index contributed by atoms with van der Waals surface area (Å²) in [5.74, 6) is 0.751. The van der Waals surface area contributed by atoms with Crippen molar-refractivity contribution in [1.82, 2.24) is 14.9 Å². The Morgan fingerprint density at radius 3 is 2.45 bits per heavy atom. The predicted molar refractivity (Wildman–Crippen MR) is 113 cm³/mol. The van der Waals surface area contributed by atoms with Gasteiger partial charge in [-0.2, -0.15) is 5.26 Å². The number of nitriles is 1. The summed E-state index contributed by atoms with van der Waals surface area (Å²) in [6.45, 7) is 0.135. The van der Waals surface area contributed by atoms with E-state index in [-0.39, 0.29) is 24.4 Å². The molecule has 9 heteroatoms. The summed E-state index contributed by atoms with van der Waals surface area (Å²) in [4.78, 5) is 29.3. The minimum absolute atomic E-state index is 0.00251. The second-order valence-electron chi connectivity index (χ2n) is 6.60. The van der Waals surface area contributed by atoms with Crippen molar-refractivity contribution in [1.29, 1.82) is 5.26 Å². The molecule has 0 aliphatic heterocycles. The Morgan fingerprint density at radius 2 is 1.84 bits per heavy atom. The van der Waals surface area contributed by atoms with Crippen LogP contribution >= 0.6 is 0 Å². The van der Waals surface area contributed by atoms with E-state index in [1.165, 1.54) is 32.2 Å². The Hall–Kier alpha value is -4.06. The first-order valence-electron chi connectivity index (χ1n) is 9.45. The number of para-hydroxylation sites is 1. The van der Waals surface area contributed by atoms with Gasteiger partial charge in [0.1, 0.15) is 6.04 Å². The third-order valence-electron chi connectivity index (χ3n) is 4.77. The van der Waals surface area contributed by atoms with Crippen LogP contribution in [-0.4, -0.2) is 36.8 Å². The Bertz CT molecular complexity index is 1170. The molecule has 160 valence electrons. The number of amides is 1. The Kier molecular flexibility index (Phi) is 6.72. The van der Waals surface area contributed by atoms with Gasteiger partial charge in [0, 0.05) is 13.0 Å². The summed E-state index contributed by atoms with van der Waals surface area (Å²) in [7, 11) is 4.42. The molecule has 1 heterocycles. The number of aryl methyl sites for hydroxylation is 1. The number of carbonyl (C=O) groups excluding carboxylic acids is 1. The molecular formula is C22H22N4O5. The zero-order chi connectivity index (χ0) is 22.4. The van der Waals surface area contributed by atoms with Crippen LogP contribution in [0.1, 0.15) is 18.0 Å². The summed E-state index contributed by atoms with van der Waals surface area (Å²) in [6.07, 6.45) is 1.42. The van der Waals surface area contributed by atoms with Crippen molar-refractivity contribution in [3.05, 3.63) is 58.6 Å². The van der Waals surface area contributed by atoms with E-state index >= 15 is 0 Å². The maximum absolute atomic E-state index is 12.5. The predicted octanol–water partition coefficient (Wildman–Crippen LogP) is 2.19. The molecule has 0 aliphatic carbocycles. The van der Waals surface area contributed by atoms with E-state index in [0.29, 0.717) is 33.7 Å². The number of hydrogen-bond donors (Lipinski definition) is 1. The number of hydrogen-bond acceptors (Lipinski definition) is 7. The Balaban J connectivity index is 1.74. The monoisotopic (exact) mass is 422 g/mol. The second kappa shape index (κ2) is 9.63. The Morgan fingerprint density at radius 1 is 1.16 bits per heavy atom. The maximum Gasteiger partial charge on any atom is 0.261 e. The molecule has 31 heavy (non-hydrogen) atoms. The van der Waals surface area contributed by atoms with Crippen LogP contribution in [0.2, 0.25) is 0 Å². The normalized spacial score (nSPS) is 11.4. The summed E-state index contributed by atoms with van der Waals surface area (Å²) in [5, 5.41) is 12.7. The van der Waals surface area contributed by atoms with Gasteiger partial charge in [0.05, 0.1) is 44.6 Å². The lowest BCUT2D eigenvalue weighted by atomic mass is 10.1. The van der Waals surface area contributed by atoms with Crippen LogP contribution < -0.4 is 25.1 Å². The van der Waals surface area contributed by atoms with E-state index in [4.69, 9.17) is 14.2 Å². The van der Waals surface area contributed by atoms with E-state index in [2.05, 4.69) is 16.4 Å². The average molecular weight is 422 g/mol. The quantitative estimate of drug-likeness (QED) is 0.592.